The summed E-state index contributed by atoms with van der Waals surface area (Å²) in [6.07, 6.45) is 0. The molecule has 0 heterocycles. The first-order valence-electron chi connectivity index (χ1n) is 7.93. The molecule has 0 radical (unpaired) electrons. The Hall–Kier alpha value is -2.03. The lowest BCUT2D eigenvalue weighted by molar-refractivity contribution is 0.0987. The third-order valence-electron chi connectivity index (χ3n) is 3.16. The van der Waals surface area contributed by atoms with Crippen molar-refractivity contribution in [2.24, 2.45) is 0 Å². The van der Waals surface area contributed by atoms with Crippen LogP contribution in [0, 0.1) is 0 Å². The Kier molecular flexibility index (Phi) is 4.43. The van der Waals surface area contributed by atoms with Crippen molar-refractivity contribution in [2.45, 2.75) is 59.7 Å². The lowest BCUT2D eigenvalue weighted by Gasteiger charge is -2.27. The van der Waals surface area contributed by atoms with Crippen LogP contribution in [-0.2, 0) is 0 Å². The Bertz CT molecular complexity index is 731. The van der Waals surface area contributed by atoms with Gasteiger partial charge < -0.3 is 9.47 Å². The monoisotopic (exact) mass is 314 g/mol. The van der Waals surface area contributed by atoms with E-state index in [1.165, 1.54) is 0 Å². The van der Waals surface area contributed by atoms with Crippen molar-refractivity contribution in [1.29, 1.82) is 0 Å². The van der Waals surface area contributed by atoms with Gasteiger partial charge in [-0.2, -0.15) is 0 Å². The highest BCUT2D eigenvalue weighted by Gasteiger charge is 2.23. The number of fused-ring (bicyclic) bond motifs is 1. The van der Waals surface area contributed by atoms with Crippen molar-refractivity contribution in [1.82, 2.24) is 0 Å². The predicted octanol–water partition coefficient (Wildman–Crippen LogP) is 5.40. The number of Topliss-reactive ketones (excluding diaryl/α,β-unsaturated/α-hetero) is 1. The highest BCUT2D eigenvalue weighted by atomic mass is 16.5. The Balaban J connectivity index is 2.77. The third kappa shape index (κ3) is 4.25. The summed E-state index contributed by atoms with van der Waals surface area (Å²) < 4.78 is 12.2. The lowest BCUT2D eigenvalue weighted by Crippen LogP contribution is -2.25. The first kappa shape index (κ1) is 17.3. The molecule has 0 unspecified atom stereocenters. The minimum absolute atomic E-state index is 0.0336. The van der Waals surface area contributed by atoms with Gasteiger partial charge in [0.15, 0.2) is 5.78 Å². The van der Waals surface area contributed by atoms with Crippen LogP contribution in [0.2, 0.25) is 0 Å². The summed E-state index contributed by atoms with van der Waals surface area (Å²) in [4.78, 5) is 12.2. The van der Waals surface area contributed by atoms with Crippen LogP contribution in [0.3, 0.4) is 0 Å². The fraction of sp³-hybridized carbons (Fsp3) is 0.450. The van der Waals surface area contributed by atoms with E-state index in [-0.39, 0.29) is 17.0 Å². The summed E-state index contributed by atoms with van der Waals surface area (Å²) in [6.45, 7) is 13.5. The Morgan fingerprint density at radius 2 is 1.39 bits per heavy atom. The second-order valence-electron chi connectivity index (χ2n) is 7.78. The summed E-state index contributed by atoms with van der Waals surface area (Å²) >= 11 is 0. The fourth-order valence-electron chi connectivity index (χ4n) is 2.41. The zero-order chi connectivity index (χ0) is 17.4. The van der Waals surface area contributed by atoms with Gasteiger partial charge in [-0.05, 0) is 54.5 Å². The van der Waals surface area contributed by atoms with E-state index in [2.05, 4.69) is 0 Å². The molecule has 0 spiro atoms. The molecular weight excluding hydrogens is 288 g/mol. The molecule has 124 valence electrons. The molecule has 2 aromatic rings. The Labute approximate surface area is 138 Å². The molecule has 0 saturated carbocycles. The molecule has 0 aliphatic heterocycles. The van der Waals surface area contributed by atoms with E-state index in [9.17, 15) is 4.79 Å². The van der Waals surface area contributed by atoms with Gasteiger partial charge in [-0.1, -0.05) is 24.3 Å². The van der Waals surface area contributed by atoms with Crippen molar-refractivity contribution in [3.63, 3.8) is 0 Å². The largest absolute Gasteiger partial charge is 0.487 e. The Morgan fingerprint density at radius 3 is 1.87 bits per heavy atom. The second kappa shape index (κ2) is 5.88. The van der Waals surface area contributed by atoms with E-state index in [1.54, 1.807) is 13.0 Å². The molecule has 0 aromatic heterocycles. The molecule has 0 amide bonds. The van der Waals surface area contributed by atoms with Crippen LogP contribution in [0.4, 0.5) is 0 Å². The van der Waals surface area contributed by atoms with Crippen LogP contribution in [0.25, 0.3) is 10.8 Å². The van der Waals surface area contributed by atoms with Gasteiger partial charge in [-0.3, -0.25) is 4.79 Å². The van der Waals surface area contributed by atoms with Crippen molar-refractivity contribution < 1.29 is 14.3 Å². The number of carbonyl (C=O) groups is 1. The van der Waals surface area contributed by atoms with E-state index >= 15 is 0 Å². The maximum atomic E-state index is 12.2. The topological polar surface area (TPSA) is 35.5 Å². The summed E-state index contributed by atoms with van der Waals surface area (Å²) in [5, 5.41) is 1.85. The molecule has 2 aromatic carbocycles. The molecule has 23 heavy (non-hydrogen) atoms. The SMILES string of the molecule is CC(=O)c1cc(OC(C)(C)C)c2ccccc2c1OC(C)(C)C. The first-order valence-corrected chi connectivity index (χ1v) is 7.93. The summed E-state index contributed by atoms with van der Waals surface area (Å²) in [5.74, 6) is 1.30. The van der Waals surface area contributed by atoms with Gasteiger partial charge >= 0.3 is 0 Å². The van der Waals surface area contributed by atoms with Crippen molar-refractivity contribution in [3.05, 3.63) is 35.9 Å². The van der Waals surface area contributed by atoms with Gasteiger partial charge in [-0.25, -0.2) is 0 Å². The molecule has 0 bridgehead atoms. The quantitative estimate of drug-likeness (QED) is 0.712. The van der Waals surface area contributed by atoms with Gasteiger partial charge in [0.1, 0.15) is 22.7 Å². The molecule has 0 aliphatic carbocycles. The summed E-state index contributed by atoms with van der Waals surface area (Å²) in [7, 11) is 0. The van der Waals surface area contributed by atoms with Gasteiger partial charge in [-0.15, -0.1) is 0 Å². The predicted molar refractivity (Wildman–Crippen MR) is 94.7 cm³/mol. The van der Waals surface area contributed by atoms with Crippen LogP contribution in [-0.4, -0.2) is 17.0 Å². The molecule has 3 nitrogen and oxygen atoms in total. The van der Waals surface area contributed by atoms with E-state index in [0.29, 0.717) is 17.1 Å². The van der Waals surface area contributed by atoms with Crippen LogP contribution < -0.4 is 9.47 Å². The van der Waals surface area contributed by atoms with Gasteiger partial charge in [0.2, 0.25) is 0 Å². The van der Waals surface area contributed by atoms with Gasteiger partial charge in [0.05, 0.1) is 5.56 Å². The molecule has 0 atom stereocenters. The number of ether oxygens (including phenoxy) is 2. The second-order valence-corrected chi connectivity index (χ2v) is 7.78. The average Bonchev–Trinajstić information content (AvgIpc) is 2.38. The lowest BCUT2D eigenvalue weighted by atomic mass is 10.0. The fourth-order valence-corrected chi connectivity index (χ4v) is 2.41. The number of hydrogen-bond donors (Lipinski definition) is 0. The average molecular weight is 314 g/mol. The van der Waals surface area contributed by atoms with E-state index in [4.69, 9.17) is 9.47 Å². The zero-order valence-corrected chi connectivity index (χ0v) is 15.1. The van der Waals surface area contributed by atoms with Crippen LogP contribution in [0.15, 0.2) is 30.3 Å². The van der Waals surface area contributed by atoms with E-state index < -0.39 is 0 Å². The maximum absolute atomic E-state index is 12.2. The molecule has 0 aliphatic rings. The van der Waals surface area contributed by atoms with E-state index in [1.807, 2.05) is 65.8 Å². The summed E-state index contributed by atoms with van der Waals surface area (Å²) in [6, 6.07) is 9.68. The number of rotatable bonds is 3. The third-order valence-corrected chi connectivity index (χ3v) is 3.16. The Morgan fingerprint density at radius 1 is 0.870 bits per heavy atom. The minimum Gasteiger partial charge on any atom is -0.487 e. The van der Waals surface area contributed by atoms with Crippen LogP contribution >= 0.6 is 0 Å². The number of ketones is 1. The van der Waals surface area contributed by atoms with Crippen LogP contribution in [0.5, 0.6) is 11.5 Å². The molecule has 0 N–H and O–H groups in total. The van der Waals surface area contributed by atoms with E-state index in [0.717, 1.165) is 10.8 Å². The van der Waals surface area contributed by atoms with Gasteiger partial charge in [0.25, 0.3) is 0 Å². The number of hydrogen-bond acceptors (Lipinski definition) is 3. The number of benzene rings is 2. The molecule has 3 heteroatoms. The highest BCUT2D eigenvalue weighted by Crippen LogP contribution is 2.39. The van der Waals surface area contributed by atoms with Crippen molar-refractivity contribution in [3.8, 4) is 11.5 Å². The van der Waals surface area contributed by atoms with Crippen LogP contribution in [0.1, 0.15) is 58.8 Å². The highest BCUT2D eigenvalue weighted by molar-refractivity contribution is 6.06. The molecule has 0 fully saturated rings. The number of carbonyl (C=O) groups excluding carboxylic acids is 1. The molecular formula is C20H26O3. The first-order chi connectivity index (χ1) is 10.5. The smallest absolute Gasteiger partial charge is 0.163 e. The molecule has 2 rings (SSSR count). The normalized spacial score (nSPS) is 12.3. The zero-order valence-electron chi connectivity index (χ0n) is 15.1. The summed E-state index contributed by atoms with van der Waals surface area (Å²) in [5.41, 5.74) is -0.180. The van der Waals surface area contributed by atoms with Gasteiger partial charge in [0, 0.05) is 10.8 Å². The molecule has 0 saturated heterocycles. The standard InChI is InChI=1S/C20H26O3/c1-13(21)16-12-17(22-19(2,3)4)14-10-8-9-11-15(14)18(16)23-20(5,6)7/h8-12H,1-7H3. The van der Waals surface area contributed by atoms with Crippen molar-refractivity contribution >= 4 is 16.6 Å². The van der Waals surface area contributed by atoms with Crippen molar-refractivity contribution in [2.75, 3.05) is 0 Å². The maximum Gasteiger partial charge on any atom is 0.163 e. The minimum atomic E-state index is -0.390.